The van der Waals surface area contributed by atoms with E-state index < -0.39 is 23.3 Å². The molecule has 1 fully saturated rings. The van der Waals surface area contributed by atoms with Crippen LogP contribution in [-0.4, -0.2) is 57.2 Å². The van der Waals surface area contributed by atoms with Gasteiger partial charge in [0, 0.05) is 49.4 Å². The second-order valence-corrected chi connectivity index (χ2v) is 8.53. The van der Waals surface area contributed by atoms with Crippen LogP contribution in [0.15, 0.2) is 35.3 Å². The Labute approximate surface area is 199 Å². The van der Waals surface area contributed by atoms with E-state index in [1.165, 1.54) is 29.7 Å². The van der Waals surface area contributed by atoms with Gasteiger partial charge < -0.3 is 14.2 Å². The van der Waals surface area contributed by atoms with Crippen LogP contribution in [0, 0.1) is 5.92 Å². The summed E-state index contributed by atoms with van der Waals surface area (Å²) in [6.07, 6.45) is 0.318. The first kappa shape index (κ1) is 24.1. The summed E-state index contributed by atoms with van der Waals surface area (Å²) in [7, 11) is 0. The van der Waals surface area contributed by atoms with Crippen molar-refractivity contribution in [2.45, 2.75) is 32.9 Å². The maximum Gasteiger partial charge on any atom is 0.420 e. The number of furan rings is 1. The minimum absolute atomic E-state index is 0.0597. The van der Waals surface area contributed by atoms with E-state index in [0.29, 0.717) is 44.6 Å². The normalized spacial score (nSPS) is 15.2. The molecule has 11 heteroatoms. The lowest BCUT2D eigenvalue weighted by Crippen LogP contribution is -2.44. The third-order valence-corrected chi connectivity index (χ3v) is 6.59. The Bertz CT molecular complexity index is 1190. The molecule has 0 bridgehead atoms. The lowest BCUT2D eigenvalue weighted by Gasteiger charge is -2.33. The number of hydrogen-bond acceptors (Lipinski definition) is 4. The number of fused-ring (bicyclic) bond motifs is 1. The fraction of sp³-hybridized carbons (Fsp3) is 0.435. The average Bonchev–Trinajstić information content (AvgIpc) is 3.47. The number of pyridine rings is 1. The molecule has 0 atom stereocenters. The highest BCUT2D eigenvalue weighted by Crippen LogP contribution is 2.37. The Morgan fingerprint density at radius 2 is 1.88 bits per heavy atom. The highest BCUT2D eigenvalue weighted by molar-refractivity contribution is 6.33. The van der Waals surface area contributed by atoms with E-state index in [2.05, 4.69) is 4.98 Å². The standard InChI is InChI=1S/C23H24ClF3N4O3/c1-3-29(4-2)21(32)14-5-8-30(9-6-14)22(33)18-19(24)31-12-16(15-7-10-34-13-15)11-17(20(31)28-18)23(25,26)27/h7,10-14H,3-6,8-9H2,1-2H3. The molecule has 4 heterocycles. The molecular formula is C23H24ClF3N4O3. The van der Waals surface area contributed by atoms with Gasteiger partial charge in [-0.1, -0.05) is 11.6 Å². The number of piperidine rings is 1. The lowest BCUT2D eigenvalue weighted by molar-refractivity contribution is -0.137. The topological polar surface area (TPSA) is 71.1 Å². The molecule has 1 aliphatic rings. The quantitative estimate of drug-likeness (QED) is 0.499. The van der Waals surface area contributed by atoms with Crippen molar-refractivity contribution >= 4 is 29.1 Å². The minimum Gasteiger partial charge on any atom is -0.472 e. The van der Waals surface area contributed by atoms with Crippen molar-refractivity contribution in [3.05, 3.63) is 47.3 Å². The summed E-state index contributed by atoms with van der Waals surface area (Å²) in [5.74, 6) is -0.681. The largest absolute Gasteiger partial charge is 0.472 e. The Morgan fingerprint density at radius 1 is 1.21 bits per heavy atom. The lowest BCUT2D eigenvalue weighted by atomic mass is 9.95. The summed E-state index contributed by atoms with van der Waals surface area (Å²) < 4.78 is 47.5. The average molecular weight is 497 g/mol. The summed E-state index contributed by atoms with van der Waals surface area (Å²) in [5.41, 5.74) is -1.03. The molecule has 7 nitrogen and oxygen atoms in total. The molecule has 0 radical (unpaired) electrons. The fourth-order valence-corrected chi connectivity index (χ4v) is 4.57. The molecule has 0 aromatic carbocycles. The molecule has 0 saturated carbocycles. The third kappa shape index (κ3) is 4.38. The van der Waals surface area contributed by atoms with Gasteiger partial charge in [-0.3, -0.25) is 14.0 Å². The Morgan fingerprint density at radius 3 is 2.44 bits per heavy atom. The van der Waals surface area contributed by atoms with Crippen LogP contribution in [-0.2, 0) is 11.0 Å². The second-order valence-electron chi connectivity index (χ2n) is 8.17. The number of rotatable bonds is 5. The number of imidazole rings is 1. The first-order valence-corrected chi connectivity index (χ1v) is 11.4. The van der Waals surface area contributed by atoms with Gasteiger partial charge in [0.2, 0.25) is 5.91 Å². The maximum atomic E-state index is 13.8. The predicted molar refractivity (Wildman–Crippen MR) is 119 cm³/mol. The van der Waals surface area contributed by atoms with Gasteiger partial charge in [-0.05, 0) is 38.8 Å². The predicted octanol–water partition coefficient (Wildman–Crippen LogP) is 4.99. The number of hydrogen-bond donors (Lipinski definition) is 0. The monoisotopic (exact) mass is 496 g/mol. The van der Waals surface area contributed by atoms with E-state index in [4.69, 9.17) is 16.0 Å². The van der Waals surface area contributed by atoms with Crippen LogP contribution >= 0.6 is 11.6 Å². The molecule has 0 aliphatic carbocycles. The van der Waals surface area contributed by atoms with Crippen LogP contribution in [0.3, 0.4) is 0 Å². The van der Waals surface area contributed by atoms with E-state index in [1.54, 1.807) is 4.90 Å². The molecule has 0 unspecified atom stereocenters. The van der Waals surface area contributed by atoms with Gasteiger partial charge in [-0.15, -0.1) is 0 Å². The first-order chi connectivity index (χ1) is 16.2. The van der Waals surface area contributed by atoms with Crippen LogP contribution in [0.5, 0.6) is 0 Å². The smallest absolute Gasteiger partial charge is 0.420 e. The summed E-state index contributed by atoms with van der Waals surface area (Å²) in [6, 6.07) is 2.49. The van der Waals surface area contributed by atoms with E-state index in [1.807, 2.05) is 13.8 Å². The molecule has 3 aromatic heterocycles. The number of nitrogens with zero attached hydrogens (tertiary/aromatic N) is 4. The van der Waals surface area contributed by atoms with E-state index in [0.717, 1.165) is 10.5 Å². The van der Waals surface area contributed by atoms with Gasteiger partial charge >= 0.3 is 6.18 Å². The zero-order valence-electron chi connectivity index (χ0n) is 18.7. The van der Waals surface area contributed by atoms with Crippen molar-refractivity contribution < 1.29 is 27.2 Å². The van der Waals surface area contributed by atoms with Gasteiger partial charge in [-0.2, -0.15) is 13.2 Å². The van der Waals surface area contributed by atoms with Gasteiger partial charge in [0.1, 0.15) is 5.15 Å². The zero-order chi connectivity index (χ0) is 24.6. The van der Waals surface area contributed by atoms with Crippen LogP contribution in [0.25, 0.3) is 16.8 Å². The molecule has 1 saturated heterocycles. The molecule has 0 N–H and O–H groups in total. The molecule has 34 heavy (non-hydrogen) atoms. The highest BCUT2D eigenvalue weighted by Gasteiger charge is 2.37. The molecular weight excluding hydrogens is 473 g/mol. The fourth-order valence-electron chi connectivity index (χ4n) is 4.32. The molecule has 4 rings (SSSR count). The maximum absolute atomic E-state index is 13.8. The Hall–Kier alpha value is -3.01. The highest BCUT2D eigenvalue weighted by atomic mass is 35.5. The molecule has 182 valence electrons. The van der Waals surface area contributed by atoms with Crippen molar-refractivity contribution in [3.63, 3.8) is 0 Å². The molecule has 3 aromatic rings. The van der Waals surface area contributed by atoms with Crippen LogP contribution in [0.2, 0.25) is 5.15 Å². The summed E-state index contributed by atoms with van der Waals surface area (Å²) in [6.45, 7) is 5.67. The Balaban J connectivity index is 1.63. The number of aromatic nitrogens is 2. The number of carbonyl (C=O) groups excluding carboxylic acids is 2. The zero-order valence-corrected chi connectivity index (χ0v) is 19.5. The van der Waals surface area contributed by atoms with Crippen molar-refractivity contribution in [1.29, 1.82) is 0 Å². The number of carbonyl (C=O) groups is 2. The van der Waals surface area contributed by atoms with Crippen LogP contribution in [0.1, 0.15) is 42.7 Å². The van der Waals surface area contributed by atoms with Crippen molar-refractivity contribution in [3.8, 4) is 11.1 Å². The first-order valence-electron chi connectivity index (χ1n) is 11.0. The second kappa shape index (κ2) is 9.32. The summed E-state index contributed by atoms with van der Waals surface area (Å²) in [4.78, 5) is 33.0. The van der Waals surface area contributed by atoms with E-state index in [-0.39, 0.29) is 28.2 Å². The SMILES string of the molecule is CCN(CC)C(=O)C1CCN(C(=O)c2nc3c(C(F)(F)F)cc(-c4ccoc4)cn3c2Cl)CC1. The molecule has 1 aliphatic heterocycles. The summed E-state index contributed by atoms with van der Waals surface area (Å²) >= 11 is 6.39. The summed E-state index contributed by atoms with van der Waals surface area (Å²) in [5, 5.41) is -0.197. The number of likely N-dealkylation sites (tertiary alicyclic amines) is 1. The van der Waals surface area contributed by atoms with Crippen molar-refractivity contribution in [2.24, 2.45) is 5.92 Å². The van der Waals surface area contributed by atoms with Crippen LogP contribution in [0.4, 0.5) is 13.2 Å². The van der Waals surface area contributed by atoms with E-state index >= 15 is 0 Å². The van der Waals surface area contributed by atoms with Crippen LogP contribution < -0.4 is 0 Å². The molecule has 0 spiro atoms. The third-order valence-electron chi connectivity index (χ3n) is 6.23. The minimum atomic E-state index is -4.71. The number of halogens is 4. The van der Waals surface area contributed by atoms with Gasteiger partial charge in [0.15, 0.2) is 11.3 Å². The van der Waals surface area contributed by atoms with Gasteiger partial charge in [0.05, 0.1) is 18.1 Å². The number of amides is 2. The Kier molecular flexibility index (Phi) is 6.62. The van der Waals surface area contributed by atoms with Crippen molar-refractivity contribution in [2.75, 3.05) is 26.2 Å². The molecule has 2 amide bonds. The van der Waals surface area contributed by atoms with Crippen molar-refractivity contribution in [1.82, 2.24) is 19.2 Å². The van der Waals surface area contributed by atoms with E-state index in [9.17, 15) is 22.8 Å². The van der Waals surface area contributed by atoms with Gasteiger partial charge in [-0.25, -0.2) is 4.98 Å². The van der Waals surface area contributed by atoms with Gasteiger partial charge in [0.25, 0.3) is 5.91 Å². The number of alkyl halides is 3.